The van der Waals surface area contributed by atoms with E-state index in [-0.39, 0.29) is 88.2 Å². The molecule has 0 fully saturated rings. The topological polar surface area (TPSA) is 363 Å². The first-order chi connectivity index (χ1) is 37.5. The van der Waals surface area contributed by atoms with Crippen LogP contribution in [0.4, 0.5) is 42.9 Å². The van der Waals surface area contributed by atoms with E-state index in [1.54, 1.807) is 86.0 Å². The number of nitrogens with two attached hydrogens (primary N) is 2. The van der Waals surface area contributed by atoms with E-state index in [9.17, 15) is 67.7 Å². The molecule has 0 aliphatic carbocycles. The molecule has 0 bridgehead atoms. The van der Waals surface area contributed by atoms with Crippen molar-refractivity contribution in [3.63, 3.8) is 0 Å². The number of anilines is 3. The molecular formula is C52H71F2N7NaO18P. The standard InChI is InChI=1S/C12H14N2O4.C12H16N2O2.C11H10FNO4.C8H17O5P.C7H4FNO3.CH5N.CH4.Na.H/c1-3-18-12(15)7-5-9-4-6-11(14(16)17)10(8-9)13-2;1-3-16-12(15)7-5-9-4-6-10(13)11(8-9)14-2;1-2-17-11(14)6-4-8-3-5-10(13(15)16)9(12)7-8;1-4-11-8(9)7-14(10,12-5-2)13-6-3;8-6-3-5(4-10)1-2-7(6)9(11)12;1-2;;;/h4-8,13H,3H2,1-2H3;4-8,14H,3,13H2,1-2H3;3-7H,2H2,1H3;4-7H2,1-3H3;1-4H;2H2,1H3;1H4;;/q;;;;;;;+1;-1/b2*7-5+;6-4+;;;;;;. The van der Waals surface area contributed by atoms with Gasteiger partial charge in [0.25, 0.3) is 5.69 Å². The van der Waals surface area contributed by atoms with Crippen molar-refractivity contribution in [3.8, 4) is 0 Å². The molecule has 0 aliphatic heterocycles. The summed E-state index contributed by atoms with van der Waals surface area (Å²) in [6.45, 7) is 11.9. The van der Waals surface area contributed by atoms with Crippen LogP contribution in [0.5, 0.6) is 0 Å². The Kier molecular flexibility index (Phi) is 45.3. The summed E-state index contributed by atoms with van der Waals surface area (Å²) in [5, 5.41) is 36.9. The van der Waals surface area contributed by atoms with Crippen molar-refractivity contribution >= 4 is 90.1 Å². The van der Waals surface area contributed by atoms with Gasteiger partial charge in [-0.25, -0.2) is 14.4 Å². The number of benzene rings is 4. The second kappa shape index (κ2) is 46.0. The second-order valence-electron chi connectivity index (χ2n) is 14.1. The molecule has 0 atom stereocenters. The molecule has 0 saturated carbocycles. The maximum atomic E-state index is 13.2. The minimum atomic E-state index is -3.28. The second-order valence-corrected chi connectivity index (χ2v) is 16.2. The van der Waals surface area contributed by atoms with E-state index in [0.717, 1.165) is 41.6 Å². The number of rotatable bonds is 22. The van der Waals surface area contributed by atoms with Crippen LogP contribution in [0.3, 0.4) is 0 Å². The van der Waals surface area contributed by atoms with Crippen molar-refractivity contribution < 1.29 is 111 Å². The summed E-state index contributed by atoms with van der Waals surface area (Å²) < 4.78 is 66.3. The number of nitro groups is 3. The van der Waals surface area contributed by atoms with Crippen molar-refractivity contribution in [2.45, 2.75) is 49.0 Å². The van der Waals surface area contributed by atoms with E-state index in [1.807, 2.05) is 12.1 Å². The van der Waals surface area contributed by atoms with Gasteiger partial charge in [-0.3, -0.25) is 44.5 Å². The molecule has 0 amide bonds. The van der Waals surface area contributed by atoms with Crippen molar-refractivity contribution in [3.05, 3.63) is 155 Å². The summed E-state index contributed by atoms with van der Waals surface area (Å²) in [4.78, 5) is 83.4. The molecule has 81 heavy (non-hydrogen) atoms. The first kappa shape index (κ1) is 79.7. The number of hydrogen-bond donors (Lipinski definition) is 4. The number of nitrogen functional groups attached to an aromatic ring is 1. The zero-order valence-corrected chi connectivity index (χ0v) is 48.9. The summed E-state index contributed by atoms with van der Waals surface area (Å²) in [6, 6.07) is 16.4. The molecule has 0 saturated heterocycles. The van der Waals surface area contributed by atoms with Crippen LogP contribution in [0, 0.1) is 42.0 Å². The minimum Gasteiger partial charge on any atom is -1.00 e. The zero-order chi connectivity index (χ0) is 60.5. The Morgan fingerprint density at radius 3 is 1.23 bits per heavy atom. The maximum Gasteiger partial charge on any atom is 1.00 e. The van der Waals surface area contributed by atoms with Crippen molar-refractivity contribution in [2.75, 3.05) is 83.3 Å². The molecule has 4 rings (SSSR count). The van der Waals surface area contributed by atoms with Crippen molar-refractivity contribution in [1.82, 2.24) is 0 Å². The number of carbonyl (C=O) groups excluding carboxylic acids is 5. The van der Waals surface area contributed by atoms with Gasteiger partial charge in [0.1, 0.15) is 18.1 Å². The third-order valence-electron chi connectivity index (χ3n) is 8.68. The number of esters is 4. The Morgan fingerprint density at radius 1 is 0.568 bits per heavy atom. The van der Waals surface area contributed by atoms with Crippen LogP contribution in [0.25, 0.3) is 18.2 Å². The molecule has 0 heterocycles. The van der Waals surface area contributed by atoms with Gasteiger partial charge in [-0.15, -0.1) is 0 Å². The van der Waals surface area contributed by atoms with Gasteiger partial charge >= 0.3 is 72.4 Å². The normalized spacial score (nSPS) is 9.98. The number of hydrogen-bond acceptors (Lipinski definition) is 22. The van der Waals surface area contributed by atoms with Crippen LogP contribution in [0.15, 0.2) is 91.0 Å². The molecular weight excluding hydrogens is 1100 g/mol. The molecule has 6 N–H and O–H groups in total. The minimum absolute atomic E-state index is 0. The van der Waals surface area contributed by atoms with E-state index in [1.165, 1.54) is 43.5 Å². The van der Waals surface area contributed by atoms with Crippen LogP contribution in [0.2, 0.25) is 0 Å². The molecule has 25 nitrogen and oxygen atoms in total. The van der Waals surface area contributed by atoms with Gasteiger partial charge < -0.3 is 51.5 Å². The number of nitro benzene ring substituents is 3. The predicted molar refractivity (Wildman–Crippen MR) is 302 cm³/mol. The van der Waals surface area contributed by atoms with Crippen LogP contribution in [0.1, 0.15) is 77.4 Å². The number of ether oxygens (including phenoxy) is 4. The SMILES string of the molecule is C.CCOC(=O)/C=C/c1ccc(N)c(NC)c1.CCOC(=O)/C=C/c1ccc([N+](=O)[O-])c(F)c1.CCOC(=O)/C=C/c1ccc([N+](=O)[O-])c(NC)c1.CCOC(=O)CP(=O)(OCC)OCC.CN.O=Cc1ccc([N+](=O)[O-])c(F)c1.[H-].[Na+]. The third-order valence-corrected chi connectivity index (χ3v) is 10.6. The molecule has 0 spiro atoms. The Labute approximate surface area is 492 Å². The quantitative estimate of drug-likeness (QED) is 0.00701. The Balaban J connectivity index is -0.000000298. The fourth-order valence-corrected chi connectivity index (χ4v) is 6.83. The predicted octanol–water partition coefficient (Wildman–Crippen LogP) is 7.10. The molecule has 4 aromatic rings. The van der Waals surface area contributed by atoms with Crippen molar-refractivity contribution in [2.24, 2.45) is 5.73 Å². The Hall–Kier alpha value is -7.78. The molecule has 0 radical (unpaired) electrons. The first-order valence-corrected chi connectivity index (χ1v) is 25.3. The number of nitrogens with one attached hydrogen (secondary N) is 2. The van der Waals surface area contributed by atoms with Gasteiger partial charge in [0.05, 0.1) is 65.8 Å². The van der Waals surface area contributed by atoms with Gasteiger partial charge in [0.15, 0.2) is 0 Å². The van der Waals surface area contributed by atoms with E-state index in [0.29, 0.717) is 42.0 Å². The van der Waals surface area contributed by atoms with Crippen LogP contribution in [-0.2, 0) is 51.7 Å². The van der Waals surface area contributed by atoms with Gasteiger partial charge in [-0.2, -0.15) is 8.78 Å². The smallest absolute Gasteiger partial charge is 1.00 e. The van der Waals surface area contributed by atoms with E-state index < -0.39 is 63.3 Å². The molecule has 0 aromatic heterocycles. The summed E-state index contributed by atoms with van der Waals surface area (Å²) in [5.41, 5.74) is 12.9. The molecule has 442 valence electrons. The summed E-state index contributed by atoms with van der Waals surface area (Å²) in [7, 11) is 1.61. The van der Waals surface area contributed by atoms with Gasteiger partial charge in [-0.05, 0) is 132 Å². The molecule has 0 aliphatic rings. The average Bonchev–Trinajstić information content (AvgIpc) is 3.40. The van der Waals surface area contributed by atoms with Gasteiger partial charge in [-0.1, -0.05) is 13.5 Å². The number of halogens is 2. The fraction of sp³-hybridized carbons (Fsp3) is 0.327. The molecule has 0 unspecified atom stereocenters. The van der Waals surface area contributed by atoms with Crippen LogP contribution >= 0.6 is 7.60 Å². The first-order valence-electron chi connectivity index (χ1n) is 23.5. The summed E-state index contributed by atoms with van der Waals surface area (Å²) in [6.07, 6.45) is 8.48. The largest absolute Gasteiger partial charge is 1.00 e. The monoisotopic (exact) mass is 1170 g/mol. The third kappa shape index (κ3) is 34.1. The number of aldehydes is 1. The number of carbonyl (C=O) groups is 5. The zero-order valence-electron chi connectivity index (χ0n) is 47.0. The maximum absolute atomic E-state index is 13.2. The summed E-state index contributed by atoms with van der Waals surface area (Å²) in [5.74, 6) is -3.83. The summed E-state index contributed by atoms with van der Waals surface area (Å²) >= 11 is 0. The average molecular weight is 1170 g/mol. The van der Waals surface area contributed by atoms with Crippen LogP contribution < -0.4 is 51.7 Å². The Morgan fingerprint density at radius 2 is 0.901 bits per heavy atom. The fourth-order valence-electron chi connectivity index (χ4n) is 5.38. The Bertz CT molecular complexity index is 2770. The van der Waals surface area contributed by atoms with Gasteiger partial charge in [0.2, 0.25) is 11.6 Å². The van der Waals surface area contributed by atoms with Crippen molar-refractivity contribution in [1.29, 1.82) is 0 Å². The number of nitrogens with zero attached hydrogens (tertiary/aromatic N) is 3. The van der Waals surface area contributed by atoms with Gasteiger partial charge in [0, 0.05) is 56.1 Å². The molecule has 4 aromatic carbocycles. The molecule has 29 heteroatoms. The van der Waals surface area contributed by atoms with E-state index in [4.69, 9.17) is 24.3 Å². The van der Waals surface area contributed by atoms with Crippen LogP contribution in [-0.4, -0.2) is 112 Å². The van der Waals surface area contributed by atoms with E-state index in [2.05, 4.69) is 25.8 Å². The van der Waals surface area contributed by atoms with E-state index >= 15 is 0 Å².